The molecule has 0 spiro atoms. The number of nitrogens with zero attached hydrogens (tertiary/aromatic N) is 1. The van der Waals surface area contributed by atoms with E-state index in [1.54, 1.807) is 0 Å². The van der Waals surface area contributed by atoms with E-state index in [-0.39, 0.29) is 5.91 Å². The van der Waals surface area contributed by atoms with Gasteiger partial charge in [-0.25, -0.2) is 0 Å². The zero-order valence-electron chi connectivity index (χ0n) is 11.3. The predicted molar refractivity (Wildman–Crippen MR) is 74.9 cm³/mol. The van der Waals surface area contributed by atoms with Crippen LogP contribution < -0.4 is 5.32 Å². The van der Waals surface area contributed by atoms with Crippen molar-refractivity contribution in [2.45, 2.75) is 25.7 Å². The van der Waals surface area contributed by atoms with E-state index >= 15 is 0 Å². The smallest absolute Gasteiger partial charge is 0.253 e. The second-order valence-electron chi connectivity index (χ2n) is 5.16. The van der Waals surface area contributed by atoms with Crippen LogP contribution in [-0.2, 0) is 0 Å². The molecule has 1 fully saturated rings. The van der Waals surface area contributed by atoms with Crippen molar-refractivity contribution >= 4 is 11.6 Å². The van der Waals surface area contributed by atoms with Crippen molar-refractivity contribution in [1.82, 2.24) is 4.90 Å². The Bertz CT molecular complexity index is 393. The fourth-order valence-electron chi connectivity index (χ4n) is 2.66. The highest BCUT2D eigenvalue weighted by Gasteiger charge is 2.20. The van der Waals surface area contributed by atoms with Gasteiger partial charge < -0.3 is 10.2 Å². The molecule has 1 N–H and O–H groups in total. The Morgan fingerprint density at radius 3 is 2.44 bits per heavy atom. The summed E-state index contributed by atoms with van der Waals surface area (Å²) in [4.78, 5) is 14.1. The second-order valence-corrected chi connectivity index (χ2v) is 5.16. The molecule has 0 aromatic heterocycles. The molecular weight excluding hydrogens is 224 g/mol. The maximum absolute atomic E-state index is 12.2. The quantitative estimate of drug-likeness (QED) is 0.885. The highest BCUT2D eigenvalue weighted by Crippen LogP contribution is 2.25. The molecule has 0 aliphatic heterocycles. The number of carbonyl (C=O) groups excluding carboxylic acids is 1. The number of hydrogen-bond acceptors (Lipinski definition) is 2. The van der Waals surface area contributed by atoms with Crippen LogP contribution in [0.1, 0.15) is 36.0 Å². The first kappa shape index (κ1) is 12.9. The van der Waals surface area contributed by atoms with E-state index in [4.69, 9.17) is 0 Å². The third kappa shape index (κ3) is 3.03. The molecular formula is C15H22N2O. The molecule has 0 bridgehead atoms. The summed E-state index contributed by atoms with van der Waals surface area (Å²) < 4.78 is 0. The molecule has 2 rings (SSSR count). The van der Waals surface area contributed by atoms with Crippen LogP contribution in [0.2, 0.25) is 0 Å². The van der Waals surface area contributed by atoms with Gasteiger partial charge in [0, 0.05) is 31.9 Å². The van der Waals surface area contributed by atoms with E-state index < -0.39 is 0 Å². The molecule has 1 aliphatic rings. The molecule has 0 unspecified atom stereocenters. The van der Waals surface area contributed by atoms with Gasteiger partial charge in [-0.3, -0.25) is 4.79 Å². The van der Waals surface area contributed by atoms with Gasteiger partial charge in [0.2, 0.25) is 0 Å². The minimum absolute atomic E-state index is 0.129. The molecule has 1 aliphatic carbocycles. The fourth-order valence-corrected chi connectivity index (χ4v) is 2.66. The van der Waals surface area contributed by atoms with Crippen LogP contribution in [0.25, 0.3) is 0 Å². The van der Waals surface area contributed by atoms with Crippen LogP contribution in [0.4, 0.5) is 5.69 Å². The summed E-state index contributed by atoms with van der Waals surface area (Å²) >= 11 is 0. The molecule has 0 saturated heterocycles. The molecule has 0 radical (unpaired) electrons. The van der Waals surface area contributed by atoms with Crippen LogP contribution >= 0.6 is 0 Å². The molecule has 98 valence electrons. The molecule has 18 heavy (non-hydrogen) atoms. The van der Waals surface area contributed by atoms with E-state index in [0.717, 1.165) is 17.8 Å². The summed E-state index contributed by atoms with van der Waals surface area (Å²) in [5.41, 5.74) is 1.81. The molecule has 3 nitrogen and oxygen atoms in total. The Hall–Kier alpha value is -1.51. The molecule has 0 atom stereocenters. The van der Waals surface area contributed by atoms with Gasteiger partial charge in [-0.05, 0) is 43.0 Å². The first-order valence-corrected chi connectivity index (χ1v) is 6.74. The molecule has 1 amide bonds. The average molecular weight is 246 g/mol. The van der Waals surface area contributed by atoms with E-state index in [0.29, 0.717) is 5.92 Å². The van der Waals surface area contributed by atoms with Gasteiger partial charge in [-0.2, -0.15) is 0 Å². The molecule has 1 aromatic carbocycles. The van der Waals surface area contributed by atoms with Crippen LogP contribution in [0.3, 0.4) is 0 Å². The maximum atomic E-state index is 12.2. The van der Waals surface area contributed by atoms with Gasteiger partial charge in [0.05, 0.1) is 0 Å². The molecule has 0 heterocycles. The summed E-state index contributed by atoms with van der Waals surface area (Å²) in [5, 5.41) is 3.06. The highest BCUT2D eigenvalue weighted by molar-refractivity contribution is 5.94. The lowest BCUT2D eigenvalue weighted by molar-refractivity contribution is 0.0773. The van der Waals surface area contributed by atoms with Crippen molar-refractivity contribution in [3.8, 4) is 0 Å². The van der Waals surface area contributed by atoms with E-state index in [1.165, 1.54) is 25.7 Å². The Balaban J connectivity index is 1.95. The first-order chi connectivity index (χ1) is 8.70. The van der Waals surface area contributed by atoms with Crippen LogP contribution in [0.5, 0.6) is 0 Å². The Morgan fingerprint density at radius 2 is 1.89 bits per heavy atom. The van der Waals surface area contributed by atoms with Gasteiger partial charge in [-0.1, -0.05) is 12.8 Å². The number of anilines is 1. The lowest BCUT2D eigenvalue weighted by Crippen LogP contribution is -2.31. The summed E-state index contributed by atoms with van der Waals surface area (Å²) in [6.07, 6.45) is 5.19. The van der Waals surface area contributed by atoms with Crippen LogP contribution in [0, 0.1) is 5.92 Å². The van der Waals surface area contributed by atoms with Crippen LogP contribution in [0.15, 0.2) is 24.3 Å². The topological polar surface area (TPSA) is 32.3 Å². The summed E-state index contributed by atoms with van der Waals surface area (Å²) in [6, 6.07) is 7.66. The Labute approximate surface area is 109 Å². The van der Waals surface area contributed by atoms with Crippen LogP contribution in [-0.4, -0.2) is 31.4 Å². The van der Waals surface area contributed by atoms with Crippen molar-refractivity contribution < 1.29 is 4.79 Å². The third-order valence-electron chi connectivity index (χ3n) is 3.77. The second kappa shape index (κ2) is 5.89. The zero-order chi connectivity index (χ0) is 13.0. The van der Waals surface area contributed by atoms with Gasteiger partial charge in [0.1, 0.15) is 0 Å². The minimum Gasteiger partial charge on any atom is -0.388 e. The number of rotatable bonds is 4. The minimum atomic E-state index is 0.129. The van der Waals surface area contributed by atoms with Crippen molar-refractivity contribution in [2.75, 3.05) is 26.0 Å². The highest BCUT2D eigenvalue weighted by atomic mass is 16.2. The van der Waals surface area contributed by atoms with E-state index in [9.17, 15) is 4.79 Å². The fraction of sp³-hybridized carbons (Fsp3) is 0.533. The standard InChI is InChI=1S/C15H22N2O/c1-16-14-9-7-13(8-10-14)15(18)17(2)11-12-5-3-4-6-12/h7-10,12,16H,3-6,11H2,1-2H3. The lowest BCUT2D eigenvalue weighted by atomic mass is 10.1. The summed E-state index contributed by atoms with van der Waals surface area (Å²) in [5.74, 6) is 0.833. The lowest BCUT2D eigenvalue weighted by Gasteiger charge is -2.21. The first-order valence-electron chi connectivity index (χ1n) is 6.74. The number of benzene rings is 1. The number of amides is 1. The molecule has 3 heteroatoms. The normalized spacial score (nSPS) is 15.7. The largest absolute Gasteiger partial charge is 0.388 e. The Kier molecular flexibility index (Phi) is 4.24. The van der Waals surface area contributed by atoms with Crippen molar-refractivity contribution in [2.24, 2.45) is 5.92 Å². The number of hydrogen-bond donors (Lipinski definition) is 1. The van der Waals surface area contributed by atoms with E-state index in [2.05, 4.69) is 5.32 Å². The molecule has 1 aromatic rings. The maximum Gasteiger partial charge on any atom is 0.253 e. The van der Waals surface area contributed by atoms with Gasteiger partial charge >= 0.3 is 0 Å². The van der Waals surface area contributed by atoms with Crippen molar-refractivity contribution in [3.05, 3.63) is 29.8 Å². The third-order valence-corrected chi connectivity index (χ3v) is 3.77. The zero-order valence-corrected chi connectivity index (χ0v) is 11.3. The summed E-state index contributed by atoms with van der Waals surface area (Å²) in [7, 11) is 3.79. The Morgan fingerprint density at radius 1 is 1.28 bits per heavy atom. The SMILES string of the molecule is CNc1ccc(C(=O)N(C)CC2CCCC2)cc1. The van der Waals surface area contributed by atoms with Crippen molar-refractivity contribution in [1.29, 1.82) is 0 Å². The summed E-state index contributed by atoms with van der Waals surface area (Å²) in [6.45, 7) is 0.895. The van der Waals surface area contributed by atoms with E-state index in [1.807, 2.05) is 43.3 Å². The van der Waals surface area contributed by atoms with Gasteiger partial charge in [0.25, 0.3) is 5.91 Å². The predicted octanol–water partition coefficient (Wildman–Crippen LogP) is 2.99. The molecule has 1 saturated carbocycles. The van der Waals surface area contributed by atoms with Gasteiger partial charge in [0.15, 0.2) is 0 Å². The number of carbonyl (C=O) groups is 1. The average Bonchev–Trinajstić information content (AvgIpc) is 2.91. The van der Waals surface area contributed by atoms with Crippen molar-refractivity contribution in [3.63, 3.8) is 0 Å². The monoisotopic (exact) mass is 246 g/mol. The van der Waals surface area contributed by atoms with Gasteiger partial charge in [-0.15, -0.1) is 0 Å². The number of nitrogens with one attached hydrogen (secondary N) is 1.